The Morgan fingerprint density at radius 2 is 1.96 bits per heavy atom. The van der Waals surface area contributed by atoms with Crippen LogP contribution in [0.3, 0.4) is 0 Å². The van der Waals surface area contributed by atoms with Crippen molar-refractivity contribution in [2.45, 2.75) is 18.2 Å². The standard InChI is InChI=1S/C15H21FN2O3S2/c1-2-22-11-6-15(19)17-7-9-18(10-8-17)23(20,21)14-5-3-4-13(16)12-14/h3-5,12H,2,6-11H2,1H3. The first kappa shape index (κ1) is 18.2. The molecular formula is C15H21FN2O3S2. The van der Waals surface area contributed by atoms with Crippen LogP contribution in [-0.4, -0.2) is 61.2 Å². The molecule has 1 fully saturated rings. The molecule has 0 spiro atoms. The molecule has 0 unspecified atom stereocenters. The van der Waals surface area contributed by atoms with Gasteiger partial charge in [-0.25, -0.2) is 12.8 Å². The van der Waals surface area contributed by atoms with Gasteiger partial charge in [-0.05, 0) is 24.0 Å². The lowest BCUT2D eigenvalue weighted by Crippen LogP contribution is -2.50. The fourth-order valence-corrected chi connectivity index (χ4v) is 4.48. The molecule has 8 heteroatoms. The summed E-state index contributed by atoms with van der Waals surface area (Å²) in [5.74, 6) is 1.26. The van der Waals surface area contributed by atoms with Gasteiger partial charge in [-0.3, -0.25) is 4.79 Å². The van der Waals surface area contributed by atoms with Crippen LogP contribution < -0.4 is 0 Å². The van der Waals surface area contributed by atoms with Crippen molar-refractivity contribution in [3.8, 4) is 0 Å². The first-order valence-electron chi connectivity index (χ1n) is 7.56. The van der Waals surface area contributed by atoms with E-state index < -0.39 is 15.8 Å². The van der Waals surface area contributed by atoms with Crippen molar-refractivity contribution in [1.29, 1.82) is 0 Å². The van der Waals surface area contributed by atoms with Crippen LogP contribution in [0, 0.1) is 5.82 Å². The lowest BCUT2D eigenvalue weighted by molar-refractivity contribution is -0.131. The molecule has 2 rings (SSSR count). The smallest absolute Gasteiger partial charge is 0.243 e. The predicted molar refractivity (Wildman–Crippen MR) is 89.4 cm³/mol. The van der Waals surface area contributed by atoms with Crippen LogP contribution in [0.25, 0.3) is 0 Å². The largest absolute Gasteiger partial charge is 0.340 e. The lowest BCUT2D eigenvalue weighted by Gasteiger charge is -2.34. The number of amides is 1. The second-order valence-corrected chi connectivity index (χ2v) is 8.52. The highest BCUT2D eigenvalue weighted by Crippen LogP contribution is 2.18. The lowest BCUT2D eigenvalue weighted by atomic mass is 10.3. The Labute approximate surface area is 140 Å². The maximum absolute atomic E-state index is 13.2. The molecule has 0 saturated carbocycles. The van der Waals surface area contributed by atoms with E-state index in [-0.39, 0.29) is 23.9 Å². The molecular weight excluding hydrogens is 339 g/mol. The summed E-state index contributed by atoms with van der Waals surface area (Å²) < 4.78 is 39.5. The van der Waals surface area contributed by atoms with Gasteiger partial charge in [0.15, 0.2) is 0 Å². The molecule has 128 valence electrons. The quantitative estimate of drug-likeness (QED) is 0.726. The van der Waals surface area contributed by atoms with Gasteiger partial charge in [0.2, 0.25) is 15.9 Å². The van der Waals surface area contributed by atoms with Crippen LogP contribution in [0.4, 0.5) is 4.39 Å². The van der Waals surface area contributed by atoms with E-state index in [4.69, 9.17) is 0 Å². The van der Waals surface area contributed by atoms with Crippen molar-refractivity contribution in [3.63, 3.8) is 0 Å². The number of halogens is 1. The topological polar surface area (TPSA) is 57.7 Å². The van der Waals surface area contributed by atoms with Gasteiger partial charge in [0.05, 0.1) is 4.90 Å². The van der Waals surface area contributed by atoms with Gasteiger partial charge in [-0.2, -0.15) is 16.1 Å². The van der Waals surface area contributed by atoms with Crippen molar-refractivity contribution in [3.05, 3.63) is 30.1 Å². The summed E-state index contributed by atoms with van der Waals surface area (Å²) >= 11 is 1.71. The van der Waals surface area contributed by atoms with Crippen molar-refractivity contribution in [1.82, 2.24) is 9.21 Å². The maximum atomic E-state index is 13.2. The van der Waals surface area contributed by atoms with E-state index in [0.717, 1.165) is 17.6 Å². The van der Waals surface area contributed by atoms with Gasteiger partial charge in [-0.15, -0.1) is 0 Å². The van der Waals surface area contributed by atoms with Gasteiger partial charge < -0.3 is 4.90 Å². The third kappa shape index (κ3) is 4.68. The molecule has 1 amide bonds. The molecule has 1 aliphatic rings. The van der Waals surface area contributed by atoms with E-state index in [0.29, 0.717) is 19.5 Å². The van der Waals surface area contributed by atoms with Gasteiger partial charge in [0, 0.05) is 38.4 Å². The Bertz CT molecular complexity index is 644. The molecule has 0 N–H and O–H groups in total. The van der Waals surface area contributed by atoms with E-state index in [1.165, 1.54) is 22.5 Å². The molecule has 0 radical (unpaired) electrons. The average molecular weight is 360 g/mol. The molecule has 1 aromatic carbocycles. The van der Waals surface area contributed by atoms with E-state index in [2.05, 4.69) is 0 Å². The first-order valence-corrected chi connectivity index (χ1v) is 10.2. The summed E-state index contributed by atoms with van der Waals surface area (Å²) in [6.45, 7) is 3.29. The number of rotatable bonds is 6. The van der Waals surface area contributed by atoms with Crippen LogP contribution in [0.2, 0.25) is 0 Å². The van der Waals surface area contributed by atoms with Crippen LogP contribution in [0.15, 0.2) is 29.2 Å². The average Bonchev–Trinajstić information content (AvgIpc) is 2.55. The van der Waals surface area contributed by atoms with Crippen LogP contribution in [-0.2, 0) is 14.8 Å². The van der Waals surface area contributed by atoms with Crippen molar-refractivity contribution in [2.75, 3.05) is 37.7 Å². The van der Waals surface area contributed by atoms with Gasteiger partial charge in [0.1, 0.15) is 5.82 Å². The third-order valence-corrected chi connectivity index (χ3v) is 6.49. The zero-order chi connectivity index (χ0) is 16.9. The Kier molecular flexibility index (Phi) is 6.43. The minimum atomic E-state index is -3.70. The zero-order valence-corrected chi connectivity index (χ0v) is 14.7. The van der Waals surface area contributed by atoms with E-state index in [9.17, 15) is 17.6 Å². The third-order valence-electron chi connectivity index (χ3n) is 3.69. The fraction of sp³-hybridized carbons (Fsp3) is 0.533. The SMILES string of the molecule is CCSCCC(=O)N1CCN(S(=O)(=O)c2cccc(F)c2)CC1. The van der Waals surface area contributed by atoms with Gasteiger partial charge in [0.25, 0.3) is 0 Å². The Morgan fingerprint density at radius 3 is 2.57 bits per heavy atom. The number of hydrogen-bond acceptors (Lipinski definition) is 4. The number of carbonyl (C=O) groups is 1. The number of nitrogens with zero attached hydrogens (tertiary/aromatic N) is 2. The molecule has 0 atom stereocenters. The highest BCUT2D eigenvalue weighted by atomic mass is 32.2. The van der Waals surface area contributed by atoms with E-state index in [1.54, 1.807) is 16.7 Å². The van der Waals surface area contributed by atoms with Crippen molar-refractivity contribution in [2.24, 2.45) is 0 Å². The second kappa shape index (κ2) is 8.12. The Hall–Kier alpha value is -1.12. The molecule has 5 nitrogen and oxygen atoms in total. The van der Waals surface area contributed by atoms with E-state index >= 15 is 0 Å². The number of hydrogen-bond donors (Lipinski definition) is 0. The molecule has 1 aromatic rings. The molecule has 23 heavy (non-hydrogen) atoms. The monoisotopic (exact) mass is 360 g/mol. The summed E-state index contributed by atoms with van der Waals surface area (Å²) in [5, 5.41) is 0. The maximum Gasteiger partial charge on any atom is 0.243 e. The minimum Gasteiger partial charge on any atom is -0.340 e. The molecule has 1 heterocycles. The number of sulfonamides is 1. The summed E-state index contributed by atoms with van der Waals surface area (Å²) in [5.41, 5.74) is 0. The normalized spacial score (nSPS) is 16.5. The Balaban J connectivity index is 1.94. The summed E-state index contributed by atoms with van der Waals surface area (Å²) in [6.07, 6.45) is 0.481. The summed E-state index contributed by atoms with van der Waals surface area (Å²) in [6, 6.07) is 5.00. The molecule has 1 saturated heterocycles. The zero-order valence-electron chi connectivity index (χ0n) is 13.1. The van der Waals surface area contributed by atoms with Gasteiger partial charge in [-0.1, -0.05) is 13.0 Å². The second-order valence-electron chi connectivity index (χ2n) is 5.19. The van der Waals surface area contributed by atoms with Crippen LogP contribution in [0.5, 0.6) is 0 Å². The molecule has 0 aliphatic carbocycles. The van der Waals surface area contributed by atoms with E-state index in [1.807, 2.05) is 6.92 Å². The number of carbonyl (C=O) groups excluding carboxylic acids is 1. The highest BCUT2D eigenvalue weighted by Gasteiger charge is 2.30. The number of benzene rings is 1. The van der Waals surface area contributed by atoms with Gasteiger partial charge >= 0.3 is 0 Å². The van der Waals surface area contributed by atoms with Crippen molar-refractivity contribution < 1.29 is 17.6 Å². The van der Waals surface area contributed by atoms with Crippen LogP contribution in [0.1, 0.15) is 13.3 Å². The number of thioether (sulfide) groups is 1. The first-order chi connectivity index (χ1) is 10.9. The predicted octanol–water partition coefficient (Wildman–Crippen LogP) is 1.80. The molecule has 1 aliphatic heterocycles. The van der Waals surface area contributed by atoms with Crippen molar-refractivity contribution >= 4 is 27.7 Å². The molecule has 0 bridgehead atoms. The van der Waals surface area contributed by atoms with Crippen LogP contribution >= 0.6 is 11.8 Å². The summed E-state index contributed by atoms with van der Waals surface area (Å²) in [4.78, 5) is 13.7. The highest BCUT2D eigenvalue weighted by molar-refractivity contribution is 7.99. The fourth-order valence-electron chi connectivity index (χ4n) is 2.42. The Morgan fingerprint density at radius 1 is 1.26 bits per heavy atom. The number of piperazine rings is 1. The minimum absolute atomic E-state index is 0.0448. The summed E-state index contributed by atoms with van der Waals surface area (Å²) in [7, 11) is -3.70. The molecule has 0 aromatic heterocycles.